The van der Waals surface area contributed by atoms with E-state index in [-0.39, 0.29) is 0 Å². The van der Waals surface area contributed by atoms with E-state index >= 15 is 0 Å². The van der Waals surface area contributed by atoms with Crippen LogP contribution in [0.1, 0.15) is 13.3 Å². The second kappa shape index (κ2) is 6.59. The quantitative estimate of drug-likeness (QED) is 0.652. The maximum Gasteiger partial charge on any atom is 0.0503 e. The van der Waals surface area contributed by atoms with Crippen LogP contribution in [0.2, 0.25) is 0 Å². The zero-order chi connectivity index (χ0) is 12.1. The van der Waals surface area contributed by atoms with Crippen LogP contribution in [-0.2, 0) is 0 Å². The van der Waals surface area contributed by atoms with E-state index in [9.17, 15) is 0 Å². The Hall–Kier alpha value is -0.100. The summed E-state index contributed by atoms with van der Waals surface area (Å²) in [4.78, 5) is 2.36. The van der Waals surface area contributed by atoms with Gasteiger partial charge in [0.05, 0.1) is 5.69 Å². The van der Waals surface area contributed by atoms with Crippen LogP contribution in [0.15, 0.2) is 18.2 Å². The molecule has 1 aromatic carbocycles. The Kier molecular flexibility index (Phi) is 5.75. The van der Waals surface area contributed by atoms with Crippen LogP contribution in [-0.4, -0.2) is 25.1 Å². The van der Waals surface area contributed by atoms with E-state index in [1.165, 1.54) is 9.26 Å². The van der Waals surface area contributed by atoms with Gasteiger partial charge in [-0.05, 0) is 53.5 Å². The van der Waals surface area contributed by atoms with Gasteiger partial charge in [0.2, 0.25) is 0 Å². The normalized spacial score (nSPS) is 12.5. The van der Waals surface area contributed by atoms with Crippen LogP contribution in [0.3, 0.4) is 0 Å². The number of anilines is 2. The van der Waals surface area contributed by atoms with Crippen molar-refractivity contribution in [1.82, 2.24) is 0 Å². The van der Waals surface area contributed by atoms with Gasteiger partial charge in [-0.1, -0.05) is 6.92 Å². The van der Waals surface area contributed by atoms with Gasteiger partial charge < -0.3 is 10.6 Å². The van der Waals surface area contributed by atoms with Crippen molar-refractivity contribution in [2.75, 3.05) is 29.7 Å². The van der Waals surface area contributed by atoms with E-state index in [0.29, 0.717) is 6.04 Å². The summed E-state index contributed by atoms with van der Waals surface area (Å²) in [6.07, 6.45) is 3.32. The average Bonchev–Trinajstić information content (AvgIpc) is 2.25. The van der Waals surface area contributed by atoms with E-state index in [4.69, 9.17) is 5.73 Å². The van der Waals surface area contributed by atoms with Crippen LogP contribution in [0.5, 0.6) is 0 Å². The largest absolute Gasteiger partial charge is 0.399 e. The van der Waals surface area contributed by atoms with Gasteiger partial charge in [-0.25, -0.2) is 0 Å². The third-order valence-corrected chi connectivity index (χ3v) is 4.31. The number of rotatable bonds is 5. The van der Waals surface area contributed by atoms with Crippen LogP contribution in [0, 0.1) is 3.57 Å². The van der Waals surface area contributed by atoms with Crippen LogP contribution in [0.25, 0.3) is 0 Å². The van der Waals surface area contributed by atoms with Gasteiger partial charge in [-0.15, -0.1) is 0 Å². The minimum absolute atomic E-state index is 0.590. The number of thioether (sulfide) groups is 1. The summed E-state index contributed by atoms with van der Waals surface area (Å²) in [6, 6.07) is 6.70. The molecular formula is C12H19IN2S. The maximum atomic E-state index is 5.77. The number of hydrogen-bond donors (Lipinski definition) is 1. The Morgan fingerprint density at radius 3 is 2.69 bits per heavy atom. The summed E-state index contributed by atoms with van der Waals surface area (Å²) in [5.41, 5.74) is 7.87. The van der Waals surface area contributed by atoms with Crippen molar-refractivity contribution in [3.8, 4) is 0 Å². The van der Waals surface area contributed by atoms with E-state index in [2.05, 4.69) is 53.8 Å². The Morgan fingerprint density at radius 2 is 2.19 bits per heavy atom. The van der Waals surface area contributed by atoms with Crippen molar-refractivity contribution in [2.45, 2.75) is 19.4 Å². The molecule has 0 bridgehead atoms. The Bertz CT molecular complexity index is 344. The third-order valence-electron chi connectivity index (χ3n) is 2.73. The lowest BCUT2D eigenvalue weighted by molar-refractivity contribution is 0.672. The molecule has 0 aromatic heterocycles. The average molecular weight is 350 g/mol. The van der Waals surface area contributed by atoms with Crippen molar-refractivity contribution in [2.24, 2.45) is 0 Å². The van der Waals surface area contributed by atoms with Gasteiger partial charge in [-0.3, -0.25) is 0 Å². The lowest BCUT2D eigenvalue weighted by Gasteiger charge is -2.29. The van der Waals surface area contributed by atoms with Gasteiger partial charge in [-0.2, -0.15) is 11.8 Å². The van der Waals surface area contributed by atoms with Gasteiger partial charge in [0.25, 0.3) is 0 Å². The number of nitrogens with two attached hydrogens (primary N) is 1. The molecule has 0 aliphatic rings. The molecule has 0 spiro atoms. The van der Waals surface area contributed by atoms with Crippen molar-refractivity contribution in [1.29, 1.82) is 0 Å². The summed E-state index contributed by atoms with van der Waals surface area (Å²) < 4.78 is 1.22. The highest BCUT2D eigenvalue weighted by molar-refractivity contribution is 14.1. The molecule has 1 unspecified atom stereocenters. The molecule has 1 atom stereocenters. The Balaban J connectivity index is 2.89. The van der Waals surface area contributed by atoms with Crippen molar-refractivity contribution in [3.63, 3.8) is 0 Å². The monoisotopic (exact) mass is 350 g/mol. The number of nitrogen functional groups attached to an aromatic ring is 1. The lowest BCUT2D eigenvalue weighted by atomic mass is 10.2. The second-order valence-electron chi connectivity index (χ2n) is 3.84. The summed E-state index contributed by atoms with van der Waals surface area (Å²) in [5.74, 6) is 1.16. The highest BCUT2D eigenvalue weighted by Crippen LogP contribution is 2.26. The van der Waals surface area contributed by atoms with Crippen molar-refractivity contribution < 1.29 is 0 Å². The summed E-state index contributed by atoms with van der Waals surface area (Å²) >= 11 is 4.25. The summed E-state index contributed by atoms with van der Waals surface area (Å²) in [6.45, 7) is 2.24. The molecule has 90 valence electrons. The van der Waals surface area contributed by atoms with Crippen LogP contribution >= 0.6 is 34.4 Å². The molecule has 0 aliphatic heterocycles. The van der Waals surface area contributed by atoms with Crippen LogP contribution in [0.4, 0.5) is 11.4 Å². The van der Waals surface area contributed by atoms with E-state index in [1.54, 1.807) is 0 Å². The molecule has 1 aromatic rings. The third kappa shape index (κ3) is 3.45. The molecular weight excluding hydrogens is 331 g/mol. The summed E-state index contributed by atoms with van der Waals surface area (Å²) in [5, 5.41) is 0. The molecule has 2 nitrogen and oxygen atoms in total. The molecule has 0 heterocycles. The van der Waals surface area contributed by atoms with Gasteiger partial charge >= 0.3 is 0 Å². The SMILES string of the molecule is CCC(CSC)N(C)c1ccc(N)cc1I. The molecule has 0 amide bonds. The molecule has 0 radical (unpaired) electrons. The molecule has 0 saturated heterocycles. The molecule has 0 saturated carbocycles. The van der Waals surface area contributed by atoms with E-state index in [1.807, 2.05) is 23.9 Å². The topological polar surface area (TPSA) is 29.3 Å². The number of halogens is 1. The fourth-order valence-electron chi connectivity index (χ4n) is 1.70. The summed E-state index contributed by atoms with van der Waals surface area (Å²) in [7, 11) is 2.16. The molecule has 16 heavy (non-hydrogen) atoms. The van der Waals surface area contributed by atoms with Crippen LogP contribution < -0.4 is 10.6 Å². The first-order chi connectivity index (χ1) is 7.60. The molecule has 2 N–H and O–H groups in total. The van der Waals surface area contributed by atoms with Gasteiger partial charge in [0, 0.05) is 28.1 Å². The lowest BCUT2D eigenvalue weighted by Crippen LogP contribution is -2.33. The van der Waals surface area contributed by atoms with Crippen molar-refractivity contribution >= 4 is 45.7 Å². The maximum absolute atomic E-state index is 5.77. The fourth-order valence-corrected chi connectivity index (χ4v) is 3.47. The molecule has 0 aliphatic carbocycles. The standard InChI is InChI=1S/C12H19IN2S/c1-4-10(8-16-3)15(2)12-6-5-9(14)7-11(12)13/h5-7,10H,4,8,14H2,1-3H3. The Labute approximate surface area is 116 Å². The highest BCUT2D eigenvalue weighted by atomic mass is 127. The number of nitrogens with zero attached hydrogens (tertiary/aromatic N) is 1. The fraction of sp³-hybridized carbons (Fsp3) is 0.500. The van der Waals surface area contributed by atoms with E-state index in [0.717, 1.165) is 17.9 Å². The second-order valence-corrected chi connectivity index (χ2v) is 5.91. The van der Waals surface area contributed by atoms with Crippen molar-refractivity contribution in [3.05, 3.63) is 21.8 Å². The van der Waals surface area contributed by atoms with Gasteiger partial charge in [0.15, 0.2) is 0 Å². The zero-order valence-corrected chi connectivity index (χ0v) is 13.0. The number of hydrogen-bond acceptors (Lipinski definition) is 3. The zero-order valence-electron chi connectivity index (χ0n) is 10.0. The molecule has 4 heteroatoms. The highest BCUT2D eigenvalue weighted by Gasteiger charge is 2.14. The first-order valence-corrected chi connectivity index (χ1v) is 7.84. The Morgan fingerprint density at radius 1 is 1.50 bits per heavy atom. The van der Waals surface area contributed by atoms with E-state index < -0.39 is 0 Å². The molecule has 0 fully saturated rings. The molecule has 1 rings (SSSR count). The first-order valence-electron chi connectivity index (χ1n) is 5.37. The predicted molar refractivity (Wildman–Crippen MR) is 84.4 cm³/mol. The van der Waals surface area contributed by atoms with Gasteiger partial charge in [0.1, 0.15) is 0 Å². The minimum Gasteiger partial charge on any atom is -0.399 e. The first kappa shape index (κ1) is 14.0. The number of benzene rings is 1. The predicted octanol–water partition coefficient (Wildman–Crippen LogP) is 3.45. The minimum atomic E-state index is 0.590. The smallest absolute Gasteiger partial charge is 0.0503 e.